The van der Waals surface area contributed by atoms with Gasteiger partial charge in [0, 0.05) is 47.9 Å². The van der Waals surface area contributed by atoms with Gasteiger partial charge in [-0.3, -0.25) is 0 Å². The van der Waals surface area contributed by atoms with Gasteiger partial charge in [0.05, 0.1) is 22.8 Å². The quantitative estimate of drug-likeness (QED) is 0.173. The molecule has 2 aliphatic rings. The van der Waals surface area contributed by atoms with E-state index in [1.54, 1.807) is 0 Å². The molecule has 0 saturated carbocycles. The van der Waals surface area contributed by atoms with E-state index in [1.807, 2.05) is 0 Å². The maximum Gasteiger partial charge on any atom is 0.0737 e. The molecule has 0 saturated heterocycles. The maximum absolute atomic E-state index is 5.55. The number of fused-ring (bicyclic) bond motifs is 8. The van der Waals surface area contributed by atoms with Crippen molar-refractivity contribution < 1.29 is 0 Å². The number of nitrogens with zero attached hydrogens (tertiary/aromatic N) is 2. The monoisotopic (exact) mass is 852 g/mol. The second kappa shape index (κ2) is 14.3. The van der Waals surface area contributed by atoms with Crippen LogP contribution in [0.25, 0.3) is 90.9 Å². The summed E-state index contributed by atoms with van der Waals surface area (Å²) in [6.45, 7) is 13.8. The van der Waals surface area contributed by atoms with Crippen molar-refractivity contribution in [1.82, 2.24) is 19.9 Å². The van der Waals surface area contributed by atoms with Gasteiger partial charge >= 0.3 is 0 Å². The first-order valence-electron chi connectivity index (χ1n) is 19.6. The van der Waals surface area contributed by atoms with E-state index in [0.29, 0.717) is 0 Å². The van der Waals surface area contributed by atoms with Crippen LogP contribution >= 0.6 is 22.6 Å². The number of aromatic nitrogens is 4. The molecule has 4 nitrogen and oxygen atoms in total. The van der Waals surface area contributed by atoms with Gasteiger partial charge in [-0.05, 0) is 128 Å². The summed E-state index contributed by atoms with van der Waals surface area (Å²) in [5, 5.41) is 0. The molecule has 2 N–H and O–H groups in total. The van der Waals surface area contributed by atoms with Gasteiger partial charge in [-0.1, -0.05) is 133 Å². The summed E-state index contributed by atoms with van der Waals surface area (Å²) in [6, 6.07) is 45.8. The van der Waals surface area contributed by atoms with Crippen LogP contribution in [0.15, 0.2) is 127 Å². The summed E-state index contributed by atoms with van der Waals surface area (Å²) < 4.78 is 1.18. The van der Waals surface area contributed by atoms with Crippen LogP contribution in [0.1, 0.15) is 75.4 Å². The molecule has 0 aliphatic carbocycles. The summed E-state index contributed by atoms with van der Waals surface area (Å²) >= 11 is 2.38. The topological polar surface area (TPSA) is 57.4 Å². The third-order valence-electron chi connectivity index (χ3n) is 11.0. The average molecular weight is 853 g/mol. The number of benzene rings is 4. The number of nitrogens with one attached hydrogen (secondary N) is 2. The lowest BCUT2D eigenvalue weighted by Crippen LogP contribution is -2.16. The van der Waals surface area contributed by atoms with Crippen molar-refractivity contribution in [2.24, 2.45) is 0 Å². The zero-order valence-electron chi connectivity index (χ0n) is 33.2. The Kier molecular flexibility index (Phi) is 9.24. The maximum atomic E-state index is 5.55. The third-order valence-corrected chi connectivity index (χ3v) is 11.7. The van der Waals surface area contributed by atoms with Gasteiger partial charge < -0.3 is 9.97 Å². The van der Waals surface area contributed by atoms with Crippen molar-refractivity contribution in [3.05, 3.63) is 165 Å². The third kappa shape index (κ3) is 7.10. The Morgan fingerprint density at radius 2 is 0.719 bits per heavy atom. The van der Waals surface area contributed by atoms with Crippen molar-refractivity contribution in [3.8, 4) is 44.5 Å². The first kappa shape index (κ1) is 36.8. The first-order chi connectivity index (χ1) is 27.4. The fraction of sp³-hybridized carbons (Fsp3) is 0.154. The highest BCUT2D eigenvalue weighted by Gasteiger charge is 2.24. The SMILES string of the molecule is CC(C)(C)c1cc(-c2c3nc(c(-c4ccc(I)cc4)c4ccc([nH]4)c(-c4ccccc4)c4nc(c(-c5ccccc5)c5ccc2[nH]5)C=C4)C=C3)cc(C(C)(C)C)c1. The molecule has 9 rings (SSSR count). The normalized spacial score (nSPS) is 12.7. The fourth-order valence-corrected chi connectivity index (χ4v) is 8.24. The summed E-state index contributed by atoms with van der Waals surface area (Å²) in [6.07, 6.45) is 8.68. The van der Waals surface area contributed by atoms with Crippen molar-refractivity contribution in [3.63, 3.8) is 0 Å². The van der Waals surface area contributed by atoms with Gasteiger partial charge in [-0.25, -0.2) is 9.97 Å². The summed E-state index contributed by atoms with van der Waals surface area (Å²) in [4.78, 5) is 18.8. The molecular weight excluding hydrogens is 808 g/mol. The molecule has 0 atom stereocenters. The number of hydrogen-bond acceptors (Lipinski definition) is 2. The van der Waals surface area contributed by atoms with E-state index in [-0.39, 0.29) is 10.8 Å². The van der Waals surface area contributed by atoms with E-state index in [9.17, 15) is 0 Å². The van der Waals surface area contributed by atoms with Crippen molar-refractivity contribution in [1.29, 1.82) is 0 Å². The second-order valence-corrected chi connectivity index (χ2v) is 18.3. The van der Waals surface area contributed by atoms with Gasteiger partial charge in [0.1, 0.15) is 0 Å². The fourth-order valence-electron chi connectivity index (χ4n) is 7.88. The molecule has 0 fully saturated rings. The molecule has 2 aliphatic heterocycles. The predicted molar refractivity (Wildman–Crippen MR) is 251 cm³/mol. The molecule has 57 heavy (non-hydrogen) atoms. The lowest BCUT2D eigenvalue weighted by atomic mass is 9.79. The van der Waals surface area contributed by atoms with E-state index in [4.69, 9.17) is 9.97 Å². The lowest BCUT2D eigenvalue weighted by Gasteiger charge is -2.26. The van der Waals surface area contributed by atoms with E-state index < -0.39 is 0 Å². The van der Waals surface area contributed by atoms with E-state index in [1.165, 1.54) is 14.7 Å². The molecule has 3 aromatic heterocycles. The molecular formula is C52H45IN4. The minimum Gasteiger partial charge on any atom is -0.354 e. The molecule has 280 valence electrons. The van der Waals surface area contributed by atoms with Crippen molar-refractivity contribution >= 4 is 69.0 Å². The largest absolute Gasteiger partial charge is 0.354 e. The van der Waals surface area contributed by atoms with Crippen LogP contribution in [0.4, 0.5) is 0 Å². The number of halogens is 1. The second-order valence-electron chi connectivity index (χ2n) is 17.0. The van der Waals surface area contributed by atoms with E-state index in [2.05, 4.69) is 226 Å². The van der Waals surface area contributed by atoms with Gasteiger partial charge in [0.2, 0.25) is 0 Å². The predicted octanol–water partition coefficient (Wildman–Crippen LogP) is 14.5. The lowest BCUT2D eigenvalue weighted by molar-refractivity contribution is 0.569. The van der Waals surface area contributed by atoms with Crippen molar-refractivity contribution in [2.75, 3.05) is 0 Å². The standard InChI is InChI=1S/C52H45IN4/c1-51(2,3)36-29-35(30-37(31-36)52(4,5)6)50-45-27-25-42(56-45)48(33-15-11-8-12-16-33)40-22-21-39(54-40)47(32-13-9-7-10-14-32)41-23-24-43(55-41)49(44-26-28-46(50)57-44)34-17-19-38(53)20-18-34/h7-31,55-56H,1-6H3. The number of aromatic amines is 2. The molecule has 8 bridgehead atoms. The summed E-state index contributed by atoms with van der Waals surface area (Å²) in [7, 11) is 0. The van der Waals surface area contributed by atoms with Crippen LogP contribution in [-0.2, 0) is 10.8 Å². The summed E-state index contributed by atoms with van der Waals surface area (Å²) in [5.74, 6) is 0. The van der Waals surface area contributed by atoms with E-state index in [0.717, 1.165) is 89.4 Å². The molecule has 0 unspecified atom stereocenters. The Morgan fingerprint density at radius 3 is 1.07 bits per heavy atom. The minimum atomic E-state index is -0.0531. The highest BCUT2D eigenvalue weighted by Crippen LogP contribution is 2.40. The Bertz CT molecular complexity index is 2860. The molecule has 4 aromatic carbocycles. The summed E-state index contributed by atoms with van der Waals surface area (Å²) in [5.41, 5.74) is 18.7. The first-order valence-corrected chi connectivity index (χ1v) is 20.7. The molecule has 0 radical (unpaired) electrons. The van der Waals surface area contributed by atoms with Gasteiger partial charge in [0.25, 0.3) is 0 Å². The number of hydrogen-bond donors (Lipinski definition) is 2. The van der Waals surface area contributed by atoms with Crippen LogP contribution in [0.3, 0.4) is 0 Å². The van der Waals surface area contributed by atoms with E-state index >= 15 is 0 Å². The Hall–Kier alpha value is -5.79. The number of H-pyrrole nitrogens is 2. The zero-order valence-corrected chi connectivity index (χ0v) is 35.4. The smallest absolute Gasteiger partial charge is 0.0737 e. The highest BCUT2D eigenvalue weighted by molar-refractivity contribution is 14.1. The Morgan fingerprint density at radius 1 is 0.386 bits per heavy atom. The van der Waals surface area contributed by atoms with Crippen LogP contribution in [-0.4, -0.2) is 19.9 Å². The highest BCUT2D eigenvalue weighted by atomic mass is 127. The molecule has 7 aromatic rings. The van der Waals surface area contributed by atoms with Crippen molar-refractivity contribution in [2.45, 2.75) is 52.4 Å². The van der Waals surface area contributed by atoms with Gasteiger partial charge in [-0.15, -0.1) is 0 Å². The molecule has 0 spiro atoms. The zero-order chi connectivity index (χ0) is 39.5. The van der Waals surface area contributed by atoms with Gasteiger partial charge in [0.15, 0.2) is 0 Å². The molecule has 0 amide bonds. The Labute approximate surface area is 348 Å². The van der Waals surface area contributed by atoms with Crippen LogP contribution < -0.4 is 0 Å². The Balaban J connectivity index is 1.48. The van der Waals surface area contributed by atoms with Crippen LogP contribution in [0, 0.1) is 3.57 Å². The van der Waals surface area contributed by atoms with Crippen LogP contribution in [0.2, 0.25) is 0 Å². The van der Waals surface area contributed by atoms with Gasteiger partial charge in [-0.2, -0.15) is 0 Å². The molecule has 5 heteroatoms. The van der Waals surface area contributed by atoms with Crippen LogP contribution in [0.5, 0.6) is 0 Å². The number of rotatable bonds is 4. The average Bonchev–Trinajstić information content (AvgIpc) is 4.04. The molecule has 5 heterocycles. The minimum absolute atomic E-state index is 0.0531.